The smallest absolute Gasteiger partial charge is 0.180 e. The molecule has 3 rings (SSSR count). The summed E-state index contributed by atoms with van der Waals surface area (Å²) in [5.74, 6) is 0.654. The highest BCUT2D eigenvalue weighted by Crippen LogP contribution is 2.32. The van der Waals surface area contributed by atoms with E-state index in [0.29, 0.717) is 27.7 Å². The molecule has 2 N–H and O–H groups in total. The zero-order chi connectivity index (χ0) is 18.5. The van der Waals surface area contributed by atoms with Crippen molar-refractivity contribution in [2.45, 2.75) is 19.9 Å². The molecule has 0 saturated heterocycles. The van der Waals surface area contributed by atoms with Gasteiger partial charge >= 0.3 is 0 Å². The molecule has 0 unspecified atom stereocenters. The molecule has 0 aliphatic carbocycles. The summed E-state index contributed by atoms with van der Waals surface area (Å²) in [7, 11) is 0. The second kappa shape index (κ2) is 7.72. The number of hydrogen-bond acceptors (Lipinski definition) is 8. The van der Waals surface area contributed by atoms with Crippen LogP contribution in [0.15, 0.2) is 36.5 Å². The highest BCUT2D eigenvalue weighted by molar-refractivity contribution is 7.16. The molecule has 26 heavy (non-hydrogen) atoms. The Balaban J connectivity index is 1.92. The van der Waals surface area contributed by atoms with Crippen LogP contribution in [0.3, 0.4) is 0 Å². The summed E-state index contributed by atoms with van der Waals surface area (Å²) in [5, 5.41) is 24.3. The summed E-state index contributed by atoms with van der Waals surface area (Å²) >= 11 is 1.22. The van der Waals surface area contributed by atoms with E-state index in [1.54, 1.807) is 18.3 Å². The van der Waals surface area contributed by atoms with Crippen LogP contribution in [-0.4, -0.2) is 27.5 Å². The fourth-order valence-electron chi connectivity index (χ4n) is 2.29. The molecule has 1 aromatic carbocycles. The Morgan fingerprint density at radius 2 is 2.00 bits per heavy atom. The molecule has 3 aromatic rings. The van der Waals surface area contributed by atoms with Crippen molar-refractivity contribution in [3.63, 3.8) is 0 Å². The molecular formula is C18H16N6OS. The third-order valence-electron chi connectivity index (χ3n) is 3.41. The van der Waals surface area contributed by atoms with Gasteiger partial charge in [-0.2, -0.15) is 5.26 Å². The van der Waals surface area contributed by atoms with Crippen LogP contribution in [0.4, 0.5) is 17.2 Å². The highest BCUT2D eigenvalue weighted by atomic mass is 32.1. The van der Waals surface area contributed by atoms with Crippen LogP contribution in [0.25, 0.3) is 10.6 Å². The maximum atomic E-state index is 10.9. The minimum atomic E-state index is 0.206. The number of benzene rings is 1. The van der Waals surface area contributed by atoms with Crippen LogP contribution in [0, 0.1) is 11.3 Å². The summed E-state index contributed by atoms with van der Waals surface area (Å²) in [5.41, 5.74) is 3.07. The second-order valence-electron chi connectivity index (χ2n) is 5.79. The molecule has 7 nitrogen and oxygen atoms in total. The van der Waals surface area contributed by atoms with Crippen LogP contribution in [0.1, 0.15) is 29.2 Å². The Bertz CT molecular complexity index is 959. The molecule has 0 atom stereocenters. The predicted octanol–water partition coefficient (Wildman–Crippen LogP) is 3.85. The third-order valence-corrected chi connectivity index (χ3v) is 4.29. The van der Waals surface area contributed by atoms with Gasteiger partial charge in [0.05, 0.1) is 17.2 Å². The third kappa shape index (κ3) is 4.02. The second-order valence-corrected chi connectivity index (χ2v) is 6.80. The van der Waals surface area contributed by atoms with Gasteiger partial charge in [0.2, 0.25) is 0 Å². The standard InChI is InChI=1S/C18H16N6OS/c1-11(2)21-15-7-16(22-13-5-3-12(8-19)4-6-13)20-9-14(15)18-24-23-17(10-25)26-18/h3-7,9-11H,1-2H3,(H2,20,21,22). The molecule has 0 aliphatic heterocycles. The zero-order valence-electron chi connectivity index (χ0n) is 14.2. The summed E-state index contributed by atoms with van der Waals surface area (Å²) < 4.78 is 0. The van der Waals surface area contributed by atoms with E-state index in [0.717, 1.165) is 16.9 Å². The number of nitriles is 1. The lowest BCUT2D eigenvalue weighted by Gasteiger charge is -2.15. The maximum absolute atomic E-state index is 10.9. The first-order valence-electron chi connectivity index (χ1n) is 7.92. The first-order valence-corrected chi connectivity index (χ1v) is 8.73. The topological polar surface area (TPSA) is 104 Å². The number of pyridine rings is 1. The van der Waals surface area contributed by atoms with Crippen molar-refractivity contribution in [2.24, 2.45) is 0 Å². The number of anilines is 3. The van der Waals surface area contributed by atoms with Crippen LogP contribution in [0.2, 0.25) is 0 Å². The van der Waals surface area contributed by atoms with Crippen LogP contribution < -0.4 is 10.6 Å². The van der Waals surface area contributed by atoms with Gasteiger partial charge in [-0.1, -0.05) is 11.3 Å². The van der Waals surface area contributed by atoms with Gasteiger partial charge in [0.15, 0.2) is 16.3 Å². The molecule has 0 fully saturated rings. The minimum absolute atomic E-state index is 0.206. The normalized spacial score (nSPS) is 10.4. The number of nitrogens with zero attached hydrogens (tertiary/aromatic N) is 4. The number of aromatic nitrogens is 3. The van der Waals surface area contributed by atoms with Crippen molar-refractivity contribution in [1.82, 2.24) is 15.2 Å². The Labute approximate surface area is 154 Å². The van der Waals surface area contributed by atoms with E-state index in [9.17, 15) is 4.79 Å². The monoisotopic (exact) mass is 364 g/mol. The maximum Gasteiger partial charge on any atom is 0.180 e. The fraction of sp³-hybridized carbons (Fsp3) is 0.167. The van der Waals surface area contributed by atoms with E-state index in [1.807, 2.05) is 32.0 Å². The van der Waals surface area contributed by atoms with Gasteiger partial charge in [0.25, 0.3) is 0 Å². The average Bonchev–Trinajstić information content (AvgIpc) is 3.11. The highest BCUT2D eigenvalue weighted by Gasteiger charge is 2.13. The molecule has 0 aliphatic rings. The summed E-state index contributed by atoms with van der Waals surface area (Å²) in [6.45, 7) is 4.07. The first kappa shape index (κ1) is 17.5. The van der Waals surface area contributed by atoms with Gasteiger partial charge < -0.3 is 10.6 Å². The Kier molecular flexibility index (Phi) is 5.20. The lowest BCUT2D eigenvalue weighted by molar-refractivity contribution is 0.112. The Hall–Kier alpha value is -3.31. The van der Waals surface area contributed by atoms with Gasteiger partial charge in [-0.25, -0.2) is 4.98 Å². The number of rotatable bonds is 6. The molecule has 2 aromatic heterocycles. The van der Waals surface area contributed by atoms with Gasteiger partial charge in [0, 0.05) is 29.7 Å². The summed E-state index contributed by atoms with van der Waals surface area (Å²) in [6, 6.07) is 11.3. The van der Waals surface area contributed by atoms with E-state index in [4.69, 9.17) is 5.26 Å². The van der Waals surface area contributed by atoms with E-state index in [1.165, 1.54) is 11.3 Å². The van der Waals surface area contributed by atoms with E-state index in [-0.39, 0.29) is 6.04 Å². The number of hydrogen-bond donors (Lipinski definition) is 2. The number of nitrogens with one attached hydrogen (secondary N) is 2. The molecule has 0 saturated carbocycles. The molecule has 130 valence electrons. The molecule has 0 amide bonds. The van der Waals surface area contributed by atoms with Crippen molar-refractivity contribution < 1.29 is 4.79 Å². The number of carbonyl (C=O) groups is 1. The van der Waals surface area contributed by atoms with Crippen LogP contribution in [0.5, 0.6) is 0 Å². The van der Waals surface area contributed by atoms with E-state index >= 15 is 0 Å². The van der Waals surface area contributed by atoms with Gasteiger partial charge in [0.1, 0.15) is 5.82 Å². The predicted molar refractivity (Wildman–Crippen MR) is 102 cm³/mol. The van der Waals surface area contributed by atoms with Gasteiger partial charge in [-0.15, -0.1) is 10.2 Å². The Morgan fingerprint density at radius 1 is 1.23 bits per heavy atom. The largest absolute Gasteiger partial charge is 0.382 e. The number of carbonyl (C=O) groups excluding carboxylic acids is 1. The molecule has 2 heterocycles. The Morgan fingerprint density at radius 3 is 2.62 bits per heavy atom. The van der Waals surface area contributed by atoms with Crippen molar-refractivity contribution in [1.29, 1.82) is 5.26 Å². The van der Waals surface area contributed by atoms with E-state index in [2.05, 4.69) is 31.9 Å². The molecular weight excluding hydrogens is 348 g/mol. The summed E-state index contributed by atoms with van der Waals surface area (Å²) in [6.07, 6.45) is 2.39. The van der Waals surface area contributed by atoms with Crippen molar-refractivity contribution in [3.8, 4) is 16.6 Å². The molecule has 0 bridgehead atoms. The lowest BCUT2D eigenvalue weighted by atomic mass is 10.2. The van der Waals surface area contributed by atoms with Crippen molar-refractivity contribution >= 4 is 34.8 Å². The number of aldehydes is 1. The fourth-order valence-corrected chi connectivity index (χ4v) is 2.97. The summed E-state index contributed by atoms with van der Waals surface area (Å²) in [4.78, 5) is 15.3. The average molecular weight is 364 g/mol. The van der Waals surface area contributed by atoms with E-state index < -0.39 is 0 Å². The quantitative estimate of drug-likeness (QED) is 0.640. The SMILES string of the molecule is CC(C)Nc1cc(Nc2ccc(C#N)cc2)ncc1-c1nnc(C=O)s1. The first-order chi connectivity index (χ1) is 12.6. The van der Waals surface area contributed by atoms with Crippen LogP contribution in [-0.2, 0) is 0 Å². The minimum Gasteiger partial charge on any atom is -0.382 e. The van der Waals surface area contributed by atoms with Gasteiger partial charge in [-0.05, 0) is 38.1 Å². The van der Waals surface area contributed by atoms with Gasteiger partial charge in [-0.3, -0.25) is 4.79 Å². The van der Waals surface area contributed by atoms with Crippen molar-refractivity contribution in [3.05, 3.63) is 47.1 Å². The molecule has 0 spiro atoms. The molecule has 8 heteroatoms. The lowest BCUT2D eigenvalue weighted by Crippen LogP contribution is -2.11. The van der Waals surface area contributed by atoms with Crippen molar-refractivity contribution in [2.75, 3.05) is 10.6 Å². The molecule has 0 radical (unpaired) electrons. The van der Waals surface area contributed by atoms with Crippen LogP contribution >= 0.6 is 11.3 Å². The zero-order valence-corrected chi connectivity index (χ0v) is 15.0.